The summed E-state index contributed by atoms with van der Waals surface area (Å²) in [6.45, 7) is 0. The molecule has 3 aromatic carbocycles. The molecule has 0 radical (unpaired) electrons. The zero-order valence-electron chi connectivity index (χ0n) is 15.1. The van der Waals surface area contributed by atoms with Gasteiger partial charge >= 0.3 is 5.97 Å². The minimum Gasteiger partial charge on any atom is -0.477 e. The SMILES string of the molecule is O=C(O)c1c(Nc2ccc(CCc3ccc(Cl)c(Cl)c3)cc2)cccc1[N+](=O)[O-]. The van der Waals surface area contributed by atoms with Gasteiger partial charge in [0.15, 0.2) is 5.56 Å². The van der Waals surface area contributed by atoms with Crippen LogP contribution in [-0.4, -0.2) is 16.0 Å². The number of nitrogens with zero attached hydrogens (tertiary/aromatic N) is 1. The first-order valence-electron chi connectivity index (χ1n) is 8.65. The summed E-state index contributed by atoms with van der Waals surface area (Å²) < 4.78 is 0. The maximum atomic E-state index is 11.5. The Kier molecular flexibility index (Phi) is 6.36. The number of nitro groups is 1. The molecule has 0 aliphatic rings. The van der Waals surface area contributed by atoms with E-state index in [9.17, 15) is 20.0 Å². The normalized spacial score (nSPS) is 10.6. The Labute approximate surface area is 176 Å². The predicted octanol–water partition coefficient (Wildman–Crippen LogP) is 6.13. The Bertz CT molecular complexity index is 1070. The van der Waals surface area contributed by atoms with Crippen molar-refractivity contribution in [2.45, 2.75) is 12.8 Å². The van der Waals surface area contributed by atoms with E-state index in [2.05, 4.69) is 5.32 Å². The number of benzene rings is 3. The van der Waals surface area contributed by atoms with E-state index in [1.807, 2.05) is 24.3 Å². The highest BCUT2D eigenvalue weighted by Gasteiger charge is 2.23. The molecule has 0 aliphatic heterocycles. The van der Waals surface area contributed by atoms with Crippen LogP contribution in [-0.2, 0) is 12.8 Å². The molecule has 29 heavy (non-hydrogen) atoms. The van der Waals surface area contributed by atoms with Gasteiger partial charge < -0.3 is 10.4 Å². The summed E-state index contributed by atoms with van der Waals surface area (Å²) in [6.07, 6.45) is 1.58. The zero-order valence-corrected chi connectivity index (χ0v) is 16.6. The minimum atomic E-state index is -1.36. The molecule has 0 saturated heterocycles. The number of carboxylic acids is 1. The molecule has 0 amide bonds. The molecule has 148 valence electrons. The second kappa shape index (κ2) is 8.94. The van der Waals surface area contributed by atoms with Gasteiger partial charge in [0.25, 0.3) is 5.69 Å². The standard InChI is InChI=1S/C21H16Cl2N2O4/c22-16-11-8-14(12-17(16)23)5-4-13-6-9-15(10-7-13)24-18-2-1-3-19(25(28)29)20(18)21(26)27/h1-3,6-12,24H,4-5H2,(H,26,27). The first-order valence-corrected chi connectivity index (χ1v) is 9.41. The average molecular weight is 431 g/mol. The van der Waals surface area contributed by atoms with Crippen LogP contribution in [0.25, 0.3) is 0 Å². The summed E-state index contributed by atoms with van der Waals surface area (Å²) in [4.78, 5) is 21.9. The van der Waals surface area contributed by atoms with Crippen molar-refractivity contribution in [3.05, 3.63) is 97.5 Å². The first kappa shape index (κ1) is 20.6. The van der Waals surface area contributed by atoms with Crippen molar-refractivity contribution >= 4 is 46.2 Å². The van der Waals surface area contributed by atoms with Crippen molar-refractivity contribution in [3.63, 3.8) is 0 Å². The molecule has 0 unspecified atom stereocenters. The molecule has 0 aromatic heterocycles. The Balaban J connectivity index is 1.72. The quantitative estimate of drug-likeness (QED) is 0.347. The Morgan fingerprint density at radius 1 is 0.966 bits per heavy atom. The lowest BCUT2D eigenvalue weighted by atomic mass is 10.0. The Morgan fingerprint density at radius 2 is 1.62 bits per heavy atom. The lowest BCUT2D eigenvalue weighted by molar-refractivity contribution is -0.385. The van der Waals surface area contributed by atoms with Gasteiger partial charge in [-0.3, -0.25) is 10.1 Å². The van der Waals surface area contributed by atoms with Crippen LogP contribution in [0.1, 0.15) is 21.5 Å². The summed E-state index contributed by atoms with van der Waals surface area (Å²) in [6, 6.07) is 17.1. The Morgan fingerprint density at radius 3 is 2.24 bits per heavy atom. The number of halogens is 2. The first-order chi connectivity index (χ1) is 13.8. The number of rotatable bonds is 7. The highest BCUT2D eigenvalue weighted by Crippen LogP contribution is 2.29. The van der Waals surface area contributed by atoms with Crippen molar-refractivity contribution in [2.75, 3.05) is 5.32 Å². The predicted molar refractivity (Wildman–Crippen MR) is 114 cm³/mol. The maximum Gasteiger partial charge on any atom is 0.344 e. The van der Waals surface area contributed by atoms with Gasteiger partial charge in [-0.2, -0.15) is 0 Å². The van der Waals surface area contributed by atoms with Gasteiger partial charge in [-0.05, 0) is 54.3 Å². The van der Waals surface area contributed by atoms with Gasteiger partial charge in [-0.25, -0.2) is 4.79 Å². The molecule has 0 saturated carbocycles. The van der Waals surface area contributed by atoms with Crippen molar-refractivity contribution in [1.29, 1.82) is 0 Å². The number of nitrogens with one attached hydrogen (secondary N) is 1. The van der Waals surface area contributed by atoms with Gasteiger partial charge in [-0.1, -0.05) is 47.5 Å². The third kappa shape index (κ3) is 5.04. The number of nitro benzene ring substituents is 1. The lowest BCUT2D eigenvalue weighted by Gasteiger charge is -2.11. The fourth-order valence-electron chi connectivity index (χ4n) is 2.92. The largest absolute Gasteiger partial charge is 0.477 e. The van der Waals surface area contributed by atoms with Crippen LogP contribution in [0, 0.1) is 10.1 Å². The van der Waals surface area contributed by atoms with E-state index in [0.29, 0.717) is 15.7 Å². The molecule has 3 rings (SSSR count). The van der Waals surface area contributed by atoms with Gasteiger partial charge in [0.05, 0.1) is 20.7 Å². The number of aryl methyl sites for hydroxylation is 2. The summed E-state index contributed by atoms with van der Waals surface area (Å²) in [7, 11) is 0. The second-order valence-corrected chi connectivity index (χ2v) is 7.15. The highest BCUT2D eigenvalue weighted by atomic mass is 35.5. The van der Waals surface area contributed by atoms with E-state index in [1.165, 1.54) is 18.2 Å². The molecule has 8 heteroatoms. The van der Waals surface area contributed by atoms with E-state index in [4.69, 9.17) is 23.2 Å². The Hall–Kier alpha value is -3.09. The topological polar surface area (TPSA) is 92.5 Å². The lowest BCUT2D eigenvalue weighted by Crippen LogP contribution is -2.07. The van der Waals surface area contributed by atoms with Crippen molar-refractivity contribution in [2.24, 2.45) is 0 Å². The summed E-state index contributed by atoms with van der Waals surface area (Å²) in [5, 5.41) is 24.5. The van der Waals surface area contributed by atoms with E-state index < -0.39 is 16.6 Å². The summed E-state index contributed by atoms with van der Waals surface area (Å²) in [5.74, 6) is -1.36. The molecular formula is C21H16Cl2N2O4. The fraction of sp³-hybridized carbons (Fsp3) is 0.0952. The van der Waals surface area contributed by atoms with Gasteiger partial charge in [0, 0.05) is 11.8 Å². The van der Waals surface area contributed by atoms with E-state index in [-0.39, 0.29) is 11.3 Å². The molecule has 2 N–H and O–H groups in total. The molecule has 6 nitrogen and oxygen atoms in total. The van der Waals surface area contributed by atoms with Crippen LogP contribution in [0.2, 0.25) is 10.0 Å². The minimum absolute atomic E-state index is 0.162. The van der Waals surface area contributed by atoms with Crippen LogP contribution >= 0.6 is 23.2 Å². The number of aromatic carboxylic acids is 1. The molecule has 0 aliphatic carbocycles. The molecular weight excluding hydrogens is 415 g/mol. The maximum absolute atomic E-state index is 11.5. The van der Waals surface area contributed by atoms with Gasteiger partial charge in [0.2, 0.25) is 0 Å². The van der Waals surface area contributed by atoms with Gasteiger partial charge in [-0.15, -0.1) is 0 Å². The molecule has 0 spiro atoms. The monoisotopic (exact) mass is 430 g/mol. The highest BCUT2D eigenvalue weighted by molar-refractivity contribution is 6.42. The van der Waals surface area contributed by atoms with Crippen LogP contribution in [0.3, 0.4) is 0 Å². The number of hydrogen-bond acceptors (Lipinski definition) is 4. The number of anilines is 2. The fourth-order valence-corrected chi connectivity index (χ4v) is 3.24. The average Bonchev–Trinajstić information content (AvgIpc) is 2.69. The number of carboxylic acid groups (broad SMARTS) is 1. The van der Waals surface area contributed by atoms with Crippen molar-refractivity contribution in [3.8, 4) is 0 Å². The molecule has 3 aromatic rings. The van der Waals surface area contributed by atoms with Gasteiger partial charge in [0.1, 0.15) is 0 Å². The third-order valence-electron chi connectivity index (χ3n) is 4.37. The van der Waals surface area contributed by atoms with Crippen LogP contribution in [0.5, 0.6) is 0 Å². The summed E-state index contributed by atoms with van der Waals surface area (Å²) >= 11 is 12.0. The van der Waals surface area contributed by atoms with E-state index in [0.717, 1.165) is 24.0 Å². The van der Waals surface area contributed by atoms with E-state index in [1.54, 1.807) is 18.2 Å². The van der Waals surface area contributed by atoms with Crippen LogP contribution in [0.4, 0.5) is 17.1 Å². The number of carbonyl (C=O) groups is 1. The smallest absolute Gasteiger partial charge is 0.344 e. The van der Waals surface area contributed by atoms with E-state index >= 15 is 0 Å². The van der Waals surface area contributed by atoms with Crippen LogP contribution < -0.4 is 5.32 Å². The molecule has 0 atom stereocenters. The van der Waals surface area contributed by atoms with Crippen LogP contribution in [0.15, 0.2) is 60.7 Å². The zero-order chi connectivity index (χ0) is 21.0. The molecule has 0 bridgehead atoms. The van der Waals surface area contributed by atoms with Crippen molar-refractivity contribution in [1.82, 2.24) is 0 Å². The summed E-state index contributed by atoms with van der Waals surface area (Å²) in [5.41, 5.74) is 2.12. The number of hydrogen-bond donors (Lipinski definition) is 2. The second-order valence-electron chi connectivity index (χ2n) is 6.33. The molecule has 0 fully saturated rings. The molecule has 0 heterocycles. The third-order valence-corrected chi connectivity index (χ3v) is 5.11. The van der Waals surface area contributed by atoms with Crippen molar-refractivity contribution < 1.29 is 14.8 Å².